The van der Waals surface area contributed by atoms with Crippen molar-refractivity contribution in [2.75, 3.05) is 17.1 Å². The standard InChI is InChI=1S/C32H30F4N6O5S/c1-17-10-29(47-31-21(33)8-5-9-22(31)34)38-15-26(17)42-32(37)20(14-39-42)30(43)25-11-18-12-27(46-16-28(35)36)24(13-23(18)40-25)41-48(44,45)19-6-3-2-4-7-19/h5,8-15,19,28,40-41H,2-4,6-7,16,37H2,1H3. The number of H-pyrrole nitrogens is 1. The highest BCUT2D eigenvalue weighted by molar-refractivity contribution is 7.93. The van der Waals surface area contributed by atoms with Gasteiger partial charge in [-0.05, 0) is 55.7 Å². The number of para-hydroxylation sites is 1. The van der Waals surface area contributed by atoms with E-state index in [2.05, 4.69) is 19.8 Å². The van der Waals surface area contributed by atoms with Crippen LogP contribution in [0, 0.1) is 18.6 Å². The average molecular weight is 687 g/mol. The van der Waals surface area contributed by atoms with Crippen molar-refractivity contribution in [3.63, 3.8) is 0 Å². The number of nitrogen functional groups attached to an aromatic ring is 1. The SMILES string of the molecule is Cc1cc(Oc2c(F)cccc2F)ncc1-n1ncc(C(=O)c2cc3cc(OCC(F)F)c(NS(=O)(=O)C4CCCCC4)cc3[nH]2)c1N. The number of nitrogens with two attached hydrogens (primary N) is 1. The van der Waals surface area contributed by atoms with E-state index in [0.29, 0.717) is 35.0 Å². The van der Waals surface area contributed by atoms with Crippen LogP contribution in [0.15, 0.2) is 54.9 Å². The molecule has 3 aromatic heterocycles. The molecule has 11 nitrogen and oxygen atoms in total. The van der Waals surface area contributed by atoms with E-state index in [9.17, 15) is 30.8 Å². The van der Waals surface area contributed by atoms with E-state index in [0.717, 1.165) is 31.4 Å². The first-order valence-electron chi connectivity index (χ1n) is 15.0. The van der Waals surface area contributed by atoms with Crippen LogP contribution in [0.1, 0.15) is 53.7 Å². The number of carbonyl (C=O) groups excluding carboxylic acids is 1. The lowest BCUT2D eigenvalue weighted by atomic mass is 10.0. The van der Waals surface area contributed by atoms with Gasteiger partial charge in [-0.25, -0.2) is 35.6 Å². The fourth-order valence-corrected chi connectivity index (χ4v) is 7.19. The van der Waals surface area contributed by atoms with Gasteiger partial charge in [0.2, 0.25) is 27.4 Å². The van der Waals surface area contributed by atoms with Crippen molar-refractivity contribution in [1.82, 2.24) is 19.7 Å². The van der Waals surface area contributed by atoms with E-state index >= 15 is 0 Å². The minimum atomic E-state index is -3.85. The van der Waals surface area contributed by atoms with Crippen molar-refractivity contribution in [2.45, 2.75) is 50.7 Å². The molecule has 4 N–H and O–H groups in total. The Morgan fingerprint density at radius 3 is 2.52 bits per heavy atom. The number of alkyl halides is 2. The van der Waals surface area contributed by atoms with Crippen LogP contribution in [-0.4, -0.2) is 52.2 Å². The van der Waals surface area contributed by atoms with Crippen LogP contribution in [0.25, 0.3) is 16.6 Å². The first-order chi connectivity index (χ1) is 22.9. The zero-order valence-electron chi connectivity index (χ0n) is 25.5. The number of nitrogens with one attached hydrogen (secondary N) is 2. The fourth-order valence-electron chi connectivity index (χ4n) is 5.60. The minimum Gasteiger partial charge on any atom is -0.485 e. The number of pyridine rings is 1. The second kappa shape index (κ2) is 13.2. The van der Waals surface area contributed by atoms with E-state index in [1.54, 1.807) is 6.92 Å². The first kappa shape index (κ1) is 32.8. The van der Waals surface area contributed by atoms with Crippen molar-refractivity contribution < 1.29 is 40.2 Å². The third-order valence-corrected chi connectivity index (χ3v) is 9.89. The molecular formula is C32H30F4N6O5S. The third kappa shape index (κ3) is 6.65. The van der Waals surface area contributed by atoms with Gasteiger partial charge in [-0.3, -0.25) is 9.52 Å². The summed E-state index contributed by atoms with van der Waals surface area (Å²) in [5, 5.41) is 4.01. The molecule has 0 atom stereocenters. The van der Waals surface area contributed by atoms with E-state index in [-0.39, 0.29) is 34.4 Å². The number of nitrogens with zero attached hydrogens (tertiary/aromatic N) is 3. The monoisotopic (exact) mass is 686 g/mol. The molecule has 1 aliphatic rings. The lowest BCUT2D eigenvalue weighted by molar-refractivity contribution is 0.0823. The molecule has 48 heavy (non-hydrogen) atoms. The van der Waals surface area contributed by atoms with Gasteiger partial charge >= 0.3 is 0 Å². The predicted molar refractivity (Wildman–Crippen MR) is 170 cm³/mol. The van der Waals surface area contributed by atoms with Crippen LogP contribution in [0.4, 0.5) is 29.1 Å². The number of carbonyl (C=O) groups is 1. The maximum atomic E-state index is 14.0. The normalized spacial score (nSPS) is 14.0. The molecule has 0 unspecified atom stereocenters. The molecule has 1 fully saturated rings. The molecule has 6 rings (SSSR count). The van der Waals surface area contributed by atoms with Gasteiger partial charge in [0.1, 0.15) is 18.2 Å². The smallest absolute Gasteiger partial charge is 0.272 e. The molecule has 5 aromatic rings. The van der Waals surface area contributed by atoms with E-state index < -0.39 is 51.5 Å². The number of benzene rings is 2. The summed E-state index contributed by atoms with van der Waals surface area (Å²) < 4.78 is 94.8. The van der Waals surface area contributed by atoms with Crippen LogP contribution in [0.2, 0.25) is 0 Å². The van der Waals surface area contributed by atoms with Crippen LogP contribution < -0.4 is 19.9 Å². The molecule has 0 spiro atoms. The summed E-state index contributed by atoms with van der Waals surface area (Å²) >= 11 is 0. The molecule has 0 saturated heterocycles. The van der Waals surface area contributed by atoms with Crippen LogP contribution in [-0.2, 0) is 10.0 Å². The quantitative estimate of drug-likeness (QED) is 0.103. The van der Waals surface area contributed by atoms with Crippen molar-refractivity contribution in [1.29, 1.82) is 0 Å². The molecule has 1 aliphatic carbocycles. The Morgan fingerprint density at radius 1 is 1.10 bits per heavy atom. The summed E-state index contributed by atoms with van der Waals surface area (Å²) in [5.41, 5.74) is 7.60. The maximum Gasteiger partial charge on any atom is 0.272 e. The number of ether oxygens (including phenoxy) is 2. The van der Waals surface area contributed by atoms with Crippen molar-refractivity contribution in [3.05, 3.63) is 83.3 Å². The first-order valence-corrected chi connectivity index (χ1v) is 16.5. The van der Waals surface area contributed by atoms with E-state index in [4.69, 9.17) is 15.2 Å². The van der Waals surface area contributed by atoms with Gasteiger partial charge in [-0.15, -0.1) is 0 Å². The van der Waals surface area contributed by atoms with Gasteiger partial charge in [0.15, 0.2) is 11.6 Å². The molecule has 0 aliphatic heterocycles. The number of hydrogen-bond donors (Lipinski definition) is 3. The number of fused-ring (bicyclic) bond motifs is 1. The topological polar surface area (TPSA) is 154 Å². The lowest BCUT2D eigenvalue weighted by Crippen LogP contribution is -2.30. The number of anilines is 2. The summed E-state index contributed by atoms with van der Waals surface area (Å²) in [4.78, 5) is 20.6. The number of halogens is 4. The minimum absolute atomic E-state index is 0.0158. The Hall–Kier alpha value is -5.12. The largest absolute Gasteiger partial charge is 0.485 e. The Bertz CT molecular complexity index is 2090. The highest BCUT2D eigenvalue weighted by Gasteiger charge is 2.29. The van der Waals surface area contributed by atoms with Gasteiger partial charge in [0.05, 0.1) is 40.3 Å². The highest BCUT2D eigenvalue weighted by Crippen LogP contribution is 2.35. The lowest BCUT2D eigenvalue weighted by Gasteiger charge is -2.23. The second-order valence-electron chi connectivity index (χ2n) is 11.4. The third-order valence-electron chi connectivity index (χ3n) is 8.04. The maximum absolute atomic E-state index is 14.0. The number of aromatic nitrogens is 4. The molecule has 0 bridgehead atoms. The van der Waals surface area contributed by atoms with Gasteiger partial charge in [-0.1, -0.05) is 25.3 Å². The zero-order valence-corrected chi connectivity index (χ0v) is 26.3. The van der Waals surface area contributed by atoms with Crippen LogP contribution >= 0.6 is 0 Å². The van der Waals surface area contributed by atoms with Crippen molar-refractivity contribution in [2.24, 2.45) is 0 Å². The van der Waals surface area contributed by atoms with Crippen LogP contribution in [0.3, 0.4) is 0 Å². The fraction of sp³-hybridized carbons (Fsp3) is 0.281. The Morgan fingerprint density at radius 2 is 1.83 bits per heavy atom. The number of aromatic amines is 1. The summed E-state index contributed by atoms with van der Waals surface area (Å²) in [6, 6.07) is 8.97. The van der Waals surface area contributed by atoms with Crippen molar-refractivity contribution in [3.8, 4) is 23.1 Å². The highest BCUT2D eigenvalue weighted by atomic mass is 32.2. The molecule has 1 saturated carbocycles. The van der Waals surface area contributed by atoms with E-state index in [1.165, 1.54) is 47.4 Å². The van der Waals surface area contributed by atoms with Crippen molar-refractivity contribution >= 4 is 38.2 Å². The number of rotatable bonds is 11. The van der Waals surface area contributed by atoms with Gasteiger partial charge in [-0.2, -0.15) is 5.10 Å². The average Bonchev–Trinajstić information content (AvgIpc) is 3.64. The van der Waals surface area contributed by atoms with E-state index in [1.807, 2.05) is 0 Å². The Labute approximate surface area is 272 Å². The number of ketones is 1. The molecule has 3 heterocycles. The number of aryl methyl sites for hydroxylation is 1. The Balaban J connectivity index is 1.27. The molecule has 252 valence electrons. The van der Waals surface area contributed by atoms with Crippen LogP contribution in [0.5, 0.6) is 17.4 Å². The van der Waals surface area contributed by atoms with Gasteiger partial charge in [0.25, 0.3) is 6.43 Å². The number of hydrogen-bond acceptors (Lipinski definition) is 8. The molecule has 2 aromatic carbocycles. The second-order valence-corrected chi connectivity index (χ2v) is 13.3. The summed E-state index contributed by atoms with van der Waals surface area (Å²) in [7, 11) is -3.85. The summed E-state index contributed by atoms with van der Waals surface area (Å²) in [6.07, 6.45) is 3.24. The zero-order chi connectivity index (χ0) is 34.2. The van der Waals surface area contributed by atoms with Gasteiger partial charge in [0, 0.05) is 17.0 Å². The molecule has 16 heteroatoms. The Kier molecular flexibility index (Phi) is 9.01. The predicted octanol–water partition coefficient (Wildman–Crippen LogP) is 6.66. The molecule has 0 radical (unpaired) electrons. The molecule has 0 amide bonds. The van der Waals surface area contributed by atoms with Gasteiger partial charge < -0.3 is 20.2 Å². The summed E-state index contributed by atoms with van der Waals surface area (Å²) in [5.74, 6) is -3.20. The molecular weight excluding hydrogens is 656 g/mol. The summed E-state index contributed by atoms with van der Waals surface area (Å²) in [6.45, 7) is 0.701. The number of sulfonamides is 1.